The van der Waals surface area contributed by atoms with E-state index < -0.39 is 0 Å². The third-order valence-corrected chi connectivity index (χ3v) is 2.80. The molecule has 4 N–H and O–H groups in total. The van der Waals surface area contributed by atoms with E-state index in [0.717, 1.165) is 19.3 Å². The van der Waals surface area contributed by atoms with Crippen molar-refractivity contribution >= 4 is 5.91 Å². The molecule has 0 saturated heterocycles. The summed E-state index contributed by atoms with van der Waals surface area (Å²) in [6.07, 6.45) is 4.30. The molecule has 1 heterocycles. The molecular weight excluding hydrogens is 194 g/mol. The van der Waals surface area contributed by atoms with Crippen molar-refractivity contribution in [1.29, 1.82) is 0 Å². The van der Waals surface area contributed by atoms with E-state index in [1.165, 1.54) is 6.33 Å². The molecule has 1 fully saturated rings. The molecule has 1 aromatic rings. The minimum absolute atomic E-state index is 0.0136. The number of aromatic nitrogens is 3. The van der Waals surface area contributed by atoms with Gasteiger partial charge in [0, 0.05) is 6.04 Å². The fourth-order valence-electron chi connectivity index (χ4n) is 1.93. The Morgan fingerprint density at radius 3 is 3.13 bits per heavy atom. The number of nitrogens with zero attached hydrogens (tertiary/aromatic N) is 2. The molecule has 0 aliphatic heterocycles. The molecule has 0 aromatic carbocycles. The number of amides is 1. The Morgan fingerprint density at radius 2 is 2.53 bits per heavy atom. The van der Waals surface area contributed by atoms with Crippen molar-refractivity contribution in [2.24, 2.45) is 11.7 Å². The average Bonchev–Trinajstić information content (AvgIpc) is 2.84. The van der Waals surface area contributed by atoms with Crippen LogP contribution in [0.25, 0.3) is 0 Å². The molecule has 2 atom stereocenters. The molecule has 1 aliphatic carbocycles. The average molecular weight is 209 g/mol. The number of hydrogen-bond acceptors (Lipinski definition) is 4. The number of aromatic amines is 1. The number of rotatable bonds is 3. The lowest BCUT2D eigenvalue weighted by Gasteiger charge is -2.14. The SMILES string of the molecule is NC1CCCC1C(=O)NCc1ncn[nH]1. The van der Waals surface area contributed by atoms with E-state index in [1.54, 1.807) is 0 Å². The third kappa shape index (κ3) is 2.33. The van der Waals surface area contributed by atoms with Gasteiger partial charge in [-0.25, -0.2) is 4.98 Å². The maximum absolute atomic E-state index is 11.7. The van der Waals surface area contributed by atoms with Gasteiger partial charge in [-0.1, -0.05) is 6.42 Å². The molecular formula is C9H15N5O. The molecule has 1 saturated carbocycles. The predicted octanol–water partition coefficient (Wildman–Crippen LogP) is -0.452. The van der Waals surface area contributed by atoms with Gasteiger partial charge in [-0.2, -0.15) is 5.10 Å². The number of nitrogens with one attached hydrogen (secondary N) is 2. The van der Waals surface area contributed by atoms with Crippen LogP contribution >= 0.6 is 0 Å². The van der Waals surface area contributed by atoms with Crippen molar-refractivity contribution in [3.8, 4) is 0 Å². The van der Waals surface area contributed by atoms with Crippen LogP contribution in [0.15, 0.2) is 6.33 Å². The molecule has 6 heteroatoms. The Labute approximate surface area is 87.6 Å². The second kappa shape index (κ2) is 4.39. The van der Waals surface area contributed by atoms with Gasteiger partial charge in [0.15, 0.2) is 0 Å². The first-order valence-corrected chi connectivity index (χ1v) is 5.15. The van der Waals surface area contributed by atoms with Crippen LogP contribution < -0.4 is 11.1 Å². The summed E-state index contributed by atoms with van der Waals surface area (Å²) in [6.45, 7) is 0.391. The lowest BCUT2D eigenvalue weighted by atomic mass is 10.0. The van der Waals surface area contributed by atoms with Crippen molar-refractivity contribution in [2.75, 3.05) is 0 Å². The molecule has 0 radical (unpaired) electrons. The summed E-state index contributed by atoms with van der Waals surface area (Å²) in [6, 6.07) is 0.0136. The molecule has 1 aliphatic rings. The van der Waals surface area contributed by atoms with E-state index in [1.807, 2.05) is 0 Å². The highest BCUT2D eigenvalue weighted by atomic mass is 16.1. The zero-order valence-electron chi connectivity index (χ0n) is 8.44. The van der Waals surface area contributed by atoms with Crippen LogP contribution in [0.2, 0.25) is 0 Å². The second-order valence-corrected chi connectivity index (χ2v) is 3.85. The quantitative estimate of drug-likeness (QED) is 0.628. The number of hydrogen-bond donors (Lipinski definition) is 3. The summed E-state index contributed by atoms with van der Waals surface area (Å²) in [5.41, 5.74) is 5.83. The minimum Gasteiger partial charge on any atom is -0.349 e. The van der Waals surface area contributed by atoms with Crippen molar-refractivity contribution in [3.63, 3.8) is 0 Å². The highest BCUT2D eigenvalue weighted by Gasteiger charge is 2.29. The number of nitrogens with two attached hydrogens (primary N) is 1. The molecule has 2 unspecified atom stereocenters. The Balaban J connectivity index is 1.82. The minimum atomic E-state index is -0.0343. The smallest absolute Gasteiger partial charge is 0.225 e. The molecule has 2 rings (SSSR count). The van der Waals surface area contributed by atoms with Gasteiger partial charge in [0.1, 0.15) is 12.2 Å². The van der Waals surface area contributed by atoms with Gasteiger partial charge in [-0.3, -0.25) is 9.89 Å². The molecule has 1 amide bonds. The molecule has 0 spiro atoms. The van der Waals surface area contributed by atoms with Crippen LogP contribution in [0.1, 0.15) is 25.1 Å². The lowest BCUT2D eigenvalue weighted by Crippen LogP contribution is -2.38. The fraction of sp³-hybridized carbons (Fsp3) is 0.667. The van der Waals surface area contributed by atoms with Gasteiger partial charge in [-0.15, -0.1) is 0 Å². The summed E-state index contributed by atoms with van der Waals surface area (Å²) in [4.78, 5) is 15.6. The Kier molecular flexibility index (Phi) is 2.96. The summed E-state index contributed by atoms with van der Waals surface area (Å²) in [5.74, 6) is 0.652. The topological polar surface area (TPSA) is 96.7 Å². The maximum Gasteiger partial charge on any atom is 0.225 e. The van der Waals surface area contributed by atoms with E-state index in [-0.39, 0.29) is 17.9 Å². The number of carbonyl (C=O) groups is 1. The van der Waals surface area contributed by atoms with Crippen molar-refractivity contribution in [2.45, 2.75) is 31.8 Å². The van der Waals surface area contributed by atoms with Crippen molar-refractivity contribution in [3.05, 3.63) is 12.2 Å². The highest BCUT2D eigenvalue weighted by molar-refractivity contribution is 5.79. The number of H-pyrrole nitrogens is 1. The Morgan fingerprint density at radius 1 is 1.67 bits per heavy atom. The van der Waals surface area contributed by atoms with Gasteiger partial charge in [0.2, 0.25) is 5.91 Å². The summed E-state index contributed by atoms with van der Waals surface area (Å²) in [5, 5.41) is 9.19. The zero-order chi connectivity index (χ0) is 10.7. The Bertz CT molecular complexity index is 323. The molecule has 15 heavy (non-hydrogen) atoms. The monoisotopic (exact) mass is 209 g/mol. The standard InChI is InChI=1S/C9H15N5O/c10-7-3-1-2-6(7)9(15)11-4-8-12-5-13-14-8/h5-7H,1-4,10H2,(H,11,15)(H,12,13,14). The van der Waals surface area contributed by atoms with Crippen LogP contribution in [0.4, 0.5) is 0 Å². The van der Waals surface area contributed by atoms with Crippen LogP contribution in [-0.4, -0.2) is 27.1 Å². The Hall–Kier alpha value is -1.43. The van der Waals surface area contributed by atoms with Gasteiger partial charge in [0.25, 0.3) is 0 Å². The molecule has 0 bridgehead atoms. The third-order valence-electron chi connectivity index (χ3n) is 2.80. The van der Waals surface area contributed by atoms with E-state index in [4.69, 9.17) is 5.73 Å². The van der Waals surface area contributed by atoms with Crippen LogP contribution in [0.3, 0.4) is 0 Å². The van der Waals surface area contributed by atoms with E-state index in [9.17, 15) is 4.79 Å². The van der Waals surface area contributed by atoms with Gasteiger partial charge in [0.05, 0.1) is 12.5 Å². The van der Waals surface area contributed by atoms with Crippen LogP contribution in [-0.2, 0) is 11.3 Å². The highest BCUT2D eigenvalue weighted by Crippen LogP contribution is 2.23. The van der Waals surface area contributed by atoms with E-state index in [2.05, 4.69) is 20.5 Å². The number of carbonyl (C=O) groups excluding carboxylic acids is 1. The summed E-state index contributed by atoms with van der Waals surface area (Å²) in [7, 11) is 0. The van der Waals surface area contributed by atoms with E-state index in [0.29, 0.717) is 12.4 Å². The fourth-order valence-corrected chi connectivity index (χ4v) is 1.93. The molecule has 6 nitrogen and oxygen atoms in total. The van der Waals surface area contributed by atoms with Gasteiger partial charge >= 0.3 is 0 Å². The molecule has 1 aromatic heterocycles. The summed E-state index contributed by atoms with van der Waals surface area (Å²) >= 11 is 0. The largest absolute Gasteiger partial charge is 0.349 e. The summed E-state index contributed by atoms with van der Waals surface area (Å²) < 4.78 is 0. The van der Waals surface area contributed by atoms with Crippen molar-refractivity contribution in [1.82, 2.24) is 20.5 Å². The molecule has 82 valence electrons. The van der Waals surface area contributed by atoms with Gasteiger partial charge in [-0.05, 0) is 12.8 Å². The van der Waals surface area contributed by atoms with Crippen LogP contribution in [0.5, 0.6) is 0 Å². The normalized spacial score (nSPS) is 25.4. The first-order valence-electron chi connectivity index (χ1n) is 5.15. The first kappa shape index (κ1) is 10.1. The second-order valence-electron chi connectivity index (χ2n) is 3.85. The first-order chi connectivity index (χ1) is 7.27. The maximum atomic E-state index is 11.7. The predicted molar refractivity (Wildman–Crippen MR) is 53.5 cm³/mol. The lowest BCUT2D eigenvalue weighted by molar-refractivity contribution is -0.125. The van der Waals surface area contributed by atoms with E-state index >= 15 is 0 Å². The van der Waals surface area contributed by atoms with Crippen LogP contribution in [0, 0.1) is 5.92 Å². The van der Waals surface area contributed by atoms with Crippen molar-refractivity contribution < 1.29 is 4.79 Å². The van der Waals surface area contributed by atoms with Gasteiger partial charge < -0.3 is 11.1 Å². The zero-order valence-corrected chi connectivity index (χ0v) is 8.44.